The highest BCUT2D eigenvalue weighted by Crippen LogP contribution is 2.19. The summed E-state index contributed by atoms with van der Waals surface area (Å²) in [5.74, 6) is 1.04. The van der Waals surface area contributed by atoms with Crippen molar-refractivity contribution in [2.24, 2.45) is 5.10 Å². The molecule has 0 aliphatic carbocycles. The number of nitrogens with one attached hydrogen (secondary N) is 1. The van der Waals surface area contributed by atoms with Gasteiger partial charge in [0.2, 0.25) is 0 Å². The number of rotatable bonds is 8. The first kappa shape index (κ1) is 18.3. The summed E-state index contributed by atoms with van der Waals surface area (Å²) in [5, 5.41) is 3.95. The maximum absolute atomic E-state index is 11.9. The van der Waals surface area contributed by atoms with Gasteiger partial charge in [-0.25, -0.2) is 5.43 Å². The zero-order chi connectivity index (χ0) is 18.1. The molecule has 2 aromatic rings. The van der Waals surface area contributed by atoms with Gasteiger partial charge >= 0.3 is 0 Å². The Bertz CT molecular complexity index is 769. The summed E-state index contributed by atoms with van der Waals surface area (Å²) >= 11 is 0. The number of hydrogen-bond acceptors (Lipinski definition) is 4. The van der Waals surface area contributed by atoms with Crippen LogP contribution in [-0.2, 0) is 4.79 Å². The molecule has 1 amide bonds. The summed E-state index contributed by atoms with van der Waals surface area (Å²) in [6.07, 6.45) is 3.20. The highest BCUT2D eigenvalue weighted by molar-refractivity contribution is 5.85. The first-order valence-corrected chi connectivity index (χ1v) is 7.95. The maximum atomic E-state index is 11.9. The molecule has 5 heteroatoms. The van der Waals surface area contributed by atoms with Crippen molar-refractivity contribution in [3.8, 4) is 11.5 Å². The molecule has 5 nitrogen and oxygen atoms in total. The predicted octanol–water partition coefficient (Wildman–Crippen LogP) is 3.40. The molecule has 2 aromatic carbocycles. The lowest BCUT2D eigenvalue weighted by Gasteiger charge is -2.09. The Labute approximate surface area is 148 Å². The molecule has 0 saturated heterocycles. The third-order valence-corrected chi connectivity index (χ3v) is 3.37. The van der Waals surface area contributed by atoms with E-state index in [1.54, 1.807) is 6.08 Å². The lowest BCUT2D eigenvalue weighted by Crippen LogP contribution is -2.24. The fourth-order valence-corrected chi connectivity index (χ4v) is 2.08. The fourth-order valence-electron chi connectivity index (χ4n) is 2.08. The van der Waals surface area contributed by atoms with Crippen LogP contribution in [0.1, 0.15) is 16.7 Å². The van der Waals surface area contributed by atoms with Crippen molar-refractivity contribution in [2.45, 2.75) is 13.8 Å². The summed E-state index contributed by atoms with van der Waals surface area (Å²) in [7, 11) is 0. The summed E-state index contributed by atoms with van der Waals surface area (Å²) in [6, 6.07) is 13.3. The van der Waals surface area contributed by atoms with E-state index in [4.69, 9.17) is 9.47 Å². The van der Waals surface area contributed by atoms with Crippen LogP contribution in [0.5, 0.6) is 11.5 Å². The van der Waals surface area contributed by atoms with Crippen molar-refractivity contribution in [3.05, 3.63) is 71.8 Å². The Morgan fingerprint density at radius 2 is 1.96 bits per heavy atom. The van der Waals surface area contributed by atoms with Gasteiger partial charge in [-0.3, -0.25) is 4.79 Å². The van der Waals surface area contributed by atoms with Crippen LogP contribution < -0.4 is 14.9 Å². The van der Waals surface area contributed by atoms with E-state index in [-0.39, 0.29) is 12.5 Å². The van der Waals surface area contributed by atoms with E-state index in [0.29, 0.717) is 18.1 Å². The Hall–Kier alpha value is -3.08. The van der Waals surface area contributed by atoms with E-state index in [1.165, 1.54) is 6.21 Å². The summed E-state index contributed by atoms with van der Waals surface area (Å²) in [5.41, 5.74) is 5.27. The van der Waals surface area contributed by atoms with Crippen molar-refractivity contribution < 1.29 is 14.3 Å². The van der Waals surface area contributed by atoms with Crippen molar-refractivity contribution in [2.75, 3.05) is 13.2 Å². The molecule has 25 heavy (non-hydrogen) atoms. The van der Waals surface area contributed by atoms with Crippen LogP contribution in [0.3, 0.4) is 0 Å². The van der Waals surface area contributed by atoms with Gasteiger partial charge in [0.15, 0.2) is 6.61 Å². The van der Waals surface area contributed by atoms with E-state index in [0.717, 1.165) is 16.7 Å². The second kappa shape index (κ2) is 9.27. The molecule has 0 aliphatic rings. The van der Waals surface area contributed by atoms with E-state index >= 15 is 0 Å². The van der Waals surface area contributed by atoms with Gasteiger partial charge in [0.1, 0.15) is 18.1 Å². The van der Waals surface area contributed by atoms with Crippen molar-refractivity contribution >= 4 is 12.1 Å². The Morgan fingerprint density at radius 3 is 2.76 bits per heavy atom. The Kier molecular flexibility index (Phi) is 6.77. The second-order valence-corrected chi connectivity index (χ2v) is 5.49. The zero-order valence-electron chi connectivity index (χ0n) is 14.5. The minimum atomic E-state index is -0.332. The number of carbonyl (C=O) groups excluding carboxylic acids is 1. The Balaban J connectivity index is 1.88. The molecule has 0 saturated carbocycles. The van der Waals surface area contributed by atoms with Crippen LogP contribution in [-0.4, -0.2) is 25.3 Å². The Morgan fingerprint density at radius 1 is 1.16 bits per heavy atom. The fraction of sp³-hybridized carbons (Fsp3) is 0.200. The summed E-state index contributed by atoms with van der Waals surface area (Å²) in [6.45, 7) is 7.83. The van der Waals surface area contributed by atoms with E-state index in [9.17, 15) is 4.79 Å². The van der Waals surface area contributed by atoms with Gasteiger partial charge in [-0.05, 0) is 43.2 Å². The second-order valence-electron chi connectivity index (χ2n) is 5.49. The number of carbonyl (C=O) groups is 1. The standard InChI is InChI=1S/C20H22N2O3/c1-4-11-24-18-8-6-5-7-17(18)13-21-22-20(23)14-25-19-12-15(2)9-10-16(19)3/h4-10,12-13H,1,11,14H2,2-3H3,(H,22,23)/b21-13-. The van der Waals surface area contributed by atoms with Gasteiger partial charge < -0.3 is 9.47 Å². The van der Waals surface area contributed by atoms with Crippen LogP contribution >= 0.6 is 0 Å². The maximum Gasteiger partial charge on any atom is 0.277 e. The molecular formula is C20H22N2O3. The average Bonchev–Trinajstić information content (AvgIpc) is 2.61. The third kappa shape index (κ3) is 5.80. The summed E-state index contributed by atoms with van der Waals surface area (Å²) < 4.78 is 11.1. The smallest absolute Gasteiger partial charge is 0.277 e. The van der Waals surface area contributed by atoms with E-state index < -0.39 is 0 Å². The average molecular weight is 338 g/mol. The third-order valence-electron chi connectivity index (χ3n) is 3.37. The van der Waals surface area contributed by atoms with E-state index in [2.05, 4.69) is 17.1 Å². The molecule has 0 spiro atoms. The molecule has 1 N–H and O–H groups in total. The highest BCUT2D eigenvalue weighted by atomic mass is 16.5. The molecule has 0 radical (unpaired) electrons. The molecular weight excluding hydrogens is 316 g/mol. The van der Waals surface area contributed by atoms with Crippen LogP contribution in [0, 0.1) is 13.8 Å². The largest absolute Gasteiger partial charge is 0.489 e. The molecule has 0 atom stereocenters. The van der Waals surface area contributed by atoms with Gasteiger partial charge in [0, 0.05) is 5.56 Å². The number of ether oxygens (including phenoxy) is 2. The number of benzene rings is 2. The van der Waals surface area contributed by atoms with Crippen LogP contribution in [0.15, 0.2) is 60.2 Å². The SMILES string of the molecule is C=CCOc1ccccc1/C=N\NC(=O)COc1cc(C)ccc1C. The molecule has 2 rings (SSSR count). The zero-order valence-corrected chi connectivity index (χ0v) is 14.5. The lowest BCUT2D eigenvalue weighted by atomic mass is 10.1. The number of aryl methyl sites for hydroxylation is 2. The van der Waals surface area contributed by atoms with E-state index in [1.807, 2.05) is 56.3 Å². The lowest BCUT2D eigenvalue weighted by molar-refractivity contribution is -0.123. The topological polar surface area (TPSA) is 59.9 Å². The molecule has 0 fully saturated rings. The van der Waals surface area contributed by atoms with Gasteiger partial charge in [-0.15, -0.1) is 0 Å². The van der Waals surface area contributed by atoms with Crippen LogP contribution in [0.2, 0.25) is 0 Å². The highest BCUT2D eigenvalue weighted by Gasteiger charge is 2.05. The molecule has 0 heterocycles. The monoisotopic (exact) mass is 338 g/mol. The molecule has 0 unspecified atom stereocenters. The van der Waals surface area contributed by atoms with Gasteiger partial charge in [-0.1, -0.05) is 36.9 Å². The number of hydrazone groups is 1. The number of nitrogens with zero attached hydrogens (tertiary/aromatic N) is 1. The van der Waals surface area contributed by atoms with Gasteiger partial charge in [0.25, 0.3) is 5.91 Å². The number of hydrogen-bond donors (Lipinski definition) is 1. The number of amides is 1. The quantitative estimate of drug-likeness (QED) is 0.456. The van der Waals surface area contributed by atoms with Crippen molar-refractivity contribution in [1.82, 2.24) is 5.43 Å². The molecule has 0 aromatic heterocycles. The number of para-hydroxylation sites is 1. The minimum absolute atomic E-state index is 0.101. The van der Waals surface area contributed by atoms with Crippen LogP contribution in [0.25, 0.3) is 0 Å². The predicted molar refractivity (Wildman–Crippen MR) is 99.3 cm³/mol. The first-order valence-electron chi connectivity index (χ1n) is 7.95. The molecule has 0 aliphatic heterocycles. The van der Waals surface area contributed by atoms with Gasteiger partial charge in [-0.2, -0.15) is 5.10 Å². The molecule has 130 valence electrons. The van der Waals surface area contributed by atoms with Crippen molar-refractivity contribution in [1.29, 1.82) is 0 Å². The van der Waals surface area contributed by atoms with Gasteiger partial charge in [0.05, 0.1) is 6.21 Å². The molecule has 0 bridgehead atoms. The first-order chi connectivity index (χ1) is 12.1. The van der Waals surface area contributed by atoms with Crippen molar-refractivity contribution in [3.63, 3.8) is 0 Å². The normalized spacial score (nSPS) is 10.5. The summed E-state index contributed by atoms with van der Waals surface area (Å²) in [4.78, 5) is 11.9. The van der Waals surface area contributed by atoms with Crippen LogP contribution in [0.4, 0.5) is 0 Å². The minimum Gasteiger partial charge on any atom is -0.489 e.